The van der Waals surface area contributed by atoms with Crippen molar-refractivity contribution < 1.29 is 4.74 Å². The molecule has 0 saturated heterocycles. The van der Waals surface area contributed by atoms with Crippen molar-refractivity contribution in [2.75, 3.05) is 0 Å². The summed E-state index contributed by atoms with van der Waals surface area (Å²) < 4.78 is 9.24. The molecule has 6 aromatic rings. The van der Waals surface area contributed by atoms with Gasteiger partial charge in [0.25, 0.3) is 0 Å². The van der Waals surface area contributed by atoms with Crippen LogP contribution in [0.1, 0.15) is 50.2 Å². The van der Waals surface area contributed by atoms with Crippen LogP contribution in [0.3, 0.4) is 0 Å². The lowest BCUT2D eigenvalue weighted by Crippen LogP contribution is -2.16. The molecule has 0 saturated carbocycles. The molecule has 1 aliphatic rings. The molecular formula is C44H41NO. The van der Waals surface area contributed by atoms with Crippen LogP contribution in [-0.4, -0.2) is 4.57 Å². The van der Waals surface area contributed by atoms with Crippen LogP contribution in [-0.2, 0) is 6.54 Å². The Balaban J connectivity index is 1.34. The summed E-state index contributed by atoms with van der Waals surface area (Å²) in [6, 6.07) is 36.5. The Hall–Kier alpha value is -5.08. The highest BCUT2D eigenvalue weighted by atomic mass is 16.5. The van der Waals surface area contributed by atoms with E-state index in [-0.39, 0.29) is 0 Å². The van der Waals surface area contributed by atoms with E-state index in [1.165, 1.54) is 60.1 Å². The van der Waals surface area contributed by atoms with Gasteiger partial charge in [-0.25, -0.2) is 0 Å². The average molecular weight is 600 g/mol. The highest BCUT2D eigenvalue weighted by molar-refractivity contribution is 6.10. The lowest BCUT2D eigenvalue weighted by Gasteiger charge is -2.22. The molecule has 1 heterocycles. The third-order valence-electron chi connectivity index (χ3n) is 9.30. The van der Waals surface area contributed by atoms with E-state index >= 15 is 0 Å². The zero-order valence-electron chi connectivity index (χ0n) is 26.9. The lowest BCUT2D eigenvalue weighted by atomic mass is 9.91. The van der Waals surface area contributed by atoms with Crippen LogP contribution in [0.25, 0.3) is 44.1 Å². The van der Waals surface area contributed by atoms with Gasteiger partial charge in [0.1, 0.15) is 11.5 Å². The Labute approximate surface area is 272 Å². The summed E-state index contributed by atoms with van der Waals surface area (Å²) in [7, 11) is 0. The molecule has 7 rings (SSSR count). The van der Waals surface area contributed by atoms with Gasteiger partial charge in [-0.05, 0) is 101 Å². The third-order valence-corrected chi connectivity index (χ3v) is 9.30. The van der Waals surface area contributed by atoms with Gasteiger partial charge in [-0.2, -0.15) is 0 Å². The molecule has 0 bridgehead atoms. The first-order valence-corrected chi connectivity index (χ1v) is 16.6. The molecule has 0 spiro atoms. The van der Waals surface area contributed by atoms with Crippen molar-refractivity contribution in [2.24, 2.45) is 0 Å². The molecule has 1 aliphatic carbocycles. The van der Waals surface area contributed by atoms with Crippen LogP contribution >= 0.6 is 0 Å². The number of hydrogen-bond acceptors (Lipinski definition) is 1. The monoisotopic (exact) mass is 599 g/mol. The van der Waals surface area contributed by atoms with Gasteiger partial charge in [-0.1, -0.05) is 123 Å². The highest BCUT2D eigenvalue weighted by Gasteiger charge is 2.19. The number of fused-ring (bicyclic) bond motifs is 1. The molecule has 0 N–H and O–H groups in total. The molecule has 0 atom stereocenters. The molecule has 228 valence electrons. The molecule has 46 heavy (non-hydrogen) atoms. The second kappa shape index (κ2) is 13.1. The first-order chi connectivity index (χ1) is 22.6. The van der Waals surface area contributed by atoms with E-state index in [1.54, 1.807) is 0 Å². The van der Waals surface area contributed by atoms with Gasteiger partial charge in [0, 0.05) is 28.2 Å². The SMILES string of the molecule is C=C(/C=C/C1=C(Oc2ccccc2)C(=C/C=c2\c3cccc4cccc(c43)n2CCCC)/CCC1)c1cccc2cccc(C)c12. The summed E-state index contributed by atoms with van der Waals surface area (Å²) >= 11 is 0. The van der Waals surface area contributed by atoms with Crippen LogP contribution in [0.15, 0.2) is 145 Å². The number of para-hydroxylation sites is 1. The smallest absolute Gasteiger partial charge is 0.133 e. The summed E-state index contributed by atoms with van der Waals surface area (Å²) in [4.78, 5) is 0. The van der Waals surface area contributed by atoms with Crippen molar-refractivity contribution in [2.45, 2.75) is 52.5 Å². The van der Waals surface area contributed by atoms with Gasteiger partial charge < -0.3 is 9.30 Å². The maximum atomic E-state index is 6.72. The van der Waals surface area contributed by atoms with Crippen LogP contribution in [0.5, 0.6) is 5.75 Å². The first-order valence-electron chi connectivity index (χ1n) is 16.6. The Bertz CT molecular complexity index is 2200. The fraction of sp³-hybridized carbons (Fsp3) is 0.182. The highest BCUT2D eigenvalue weighted by Crippen LogP contribution is 2.34. The number of unbranched alkanes of at least 4 members (excludes halogenated alkanes) is 1. The van der Waals surface area contributed by atoms with Crippen molar-refractivity contribution >= 4 is 44.1 Å². The number of aryl methyl sites for hydroxylation is 2. The number of rotatable bonds is 9. The zero-order chi connectivity index (χ0) is 31.5. The molecule has 1 aromatic heterocycles. The second-order valence-corrected chi connectivity index (χ2v) is 12.4. The van der Waals surface area contributed by atoms with Gasteiger partial charge in [-0.15, -0.1) is 0 Å². The Morgan fingerprint density at radius 1 is 0.804 bits per heavy atom. The minimum absolute atomic E-state index is 0.856. The molecule has 2 heteroatoms. The minimum Gasteiger partial charge on any atom is -0.457 e. The zero-order valence-corrected chi connectivity index (χ0v) is 26.9. The van der Waals surface area contributed by atoms with E-state index in [4.69, 9.17) is 4.74 Å². The predicted molar refractivity (Wildman–Crippen MR) is 197 cm³/mol. The van der Waals surface area contributed by atoms with Gasteiger partial charge >= 0.3 is 0 Å². The van der Waals surface area contributed by atoms with Gasteiger partial charge in [0.05, 0.1) is 0 Å². The van der Waals surface area contributed by atoms with Crippen molar-refractivity contribution in [1.29, 1.82) is 0 Å². The average Bonchev–Trinajstić information content (AvgIpc) is 3.40. The maximum absolute atomic E-state index is 6.72. The van der Waals surface area contributed by atoms with Crippen molar-refractivity contribution in [1.82, 2.24) is 4.57 Å². The molecule has 0 radical (unpaired) electrons. The van der Waals surface area contributed by atoms with E-state index in [0.717, 1.165) is 55.7 Å². The largest absolute Gasteiger partial charge is 0.457 e. The fourth-order valence-electron chi connectivity index (χ4n) is 7.00. The number of hydrogen-bond donors (Lipinski definition) is 0. The number of benzene rings is 5. The van der Waals surface area contributed by atoms with Gasteiger partial charge in [0.2, 0.25) is 0 Å². The quantitative estimate of drug-likeness (QED) is 0.151. The van der Waals surface area contributed by atoms with Gasteiger partial charge in [-0.3, -0.25) is 0 Å². The standard InChI is InChI=1S/C44H41NO/c1-4-5-30-45-40(39-24-12-17-34-18-13-25-41(45)43(34)39)29-28-36-20-10-19-35(44(36)46-37-21-7-6-8-22-37)27-26-31(2)38-23-11-16-33-15-9-14-32(3)42(33)38/h6-9,11-18,21-29H,2,4-5,10,19-20,30H2,1,3H3/b27-26+,36-28+,40-29+. The topological polar surface area (TPSA) is 14.2 Å². The number of aromatic nitrogens is 1. The molecular weight excluding hydrogens is 558 g/mol. The first kappa shape index (κ1) is 29.6. The van der Waals surface area contributed by atoms with E-state index in [1.807, 2.05) is 30.3 Å². The molecule has 0 fully saturated rings. The fourth-order valence-corrected chi connectivity index (χ4v) is 7.00. The lowest BCUT2D eigenvalue weighted by molar-refractivity contribution is 0.415. The summed E-state index contributed by atoms with van der Waals surface area (Å²) in [5.41, 5.74) is 7.20. The number of ether oxygens (including phenoxy) is 1. The minimum atomic E-state index is 0.856. The Kier molecular flexibility index (Phi) is 8.44. The molecule has 0 aliphatic heterocycles. The predicted octanol–water partition coefficient (Wildman–Crippen LogP) is 11.3. The summed E-state index contributed by atoms with van der Waals surface area (Å²) in [6.45, 7) is 9.96. The van der Waals surface area contributed by atoms with Crippen LogP contribution in [0, 0.1) is 6.92 Å². The van der Waals surface area contributed by atoms with Gasteiger partial charge in [0.15, 0.2) is 0 Å². The number of allylic oxidation sites excluding steroid dienone is 6. The molecule has 0 amide bonds. The Morgan fingerprint density at radius 3 is 2.35 bits per heavy atom. The third kappa shape index (κ3) is 5.72. The maximum Gasteiger partial charge on any atom is 0.133 e. The summed E-state index contributed by atoms with van der Waals surface area (Å²) in [5.74, 6) is 1.82. The van der Waals surface area contributed by atoms with Crippen LogP contribution in [0.2, 0.25) is 0 Å². The van der Waals surface area contributed by atoms with Crippen molar-refractivity contribution in [3.63, 3.8) is 0 Å². The number of nitrogens with zero attached hydrogens (tertiary/aromatic N) is 1. The molecule has 5 aromatic carbocycles. The van der Waals surface area contributed by atoms with Crippen molar-refractivity contribution in [3.05, 3.63) is 161 Å². The normalized spacial score (nSPS) is 15.3. The second-order valence-electron chi connectivity index (χ2n) is 12.4. The van der Waals surface area contributed by atoms with E-state index in [0.29, 0.717) is 0 Å². The molecule has 2 nitrogen and oxygen atoms in total. The van der Waals surface area contributed by atoms with Crippen LogP contribution < -0.4 is 10.1 Å². The van der Waals surface area contributed by atoms with Crippen molar-refractivity contribution in [3.8, 4) is 5.75 Å². The summed E-state index contributed by atoms with van der Waals surface area (Å²) in [6.07, 6.45) is 14.4. The Morgan fingerprint density at radius 2 is 1.54 bits per heavy atom. The van der Waals surface area contributed by atoms with E-state index in [2.05, 4.69) is 122 Å². The molecule has 0 unspecified atom stereocenters. The van der Waals surface area contributed by atoms with Crippen LogP contribution in [0.4, 0.5) is 0 Å². The van der Waals surface area contributed by atoms with E-state index in [9.17, 15) is 0 Å². The summed E-state index contributed by atoms with van der Waals surface area (Å²) in [5, 5.41) is 7.75. The van der Waals surface area contributed by atoms with E-state index < -0.39 is 0 Å².